The molecular weight excluding hydrogens is 263 g/mol. The molecule has 0 atom stereocenters. The smallest absolute Gasteiger partial charge is 0.198 e. The van der Waals surface area contributed by atoms with Crippen molar-refractivity contribution in [3.8, 4) is 17.2 Å². The zero-order chi connectivity index (χ0) is 14.8. The van der Waals surface area contributed by atoms with Gasteiger partial charge in [-0.15, -0.1) is 0 Å². The molecule has 2 aromatic carbocycles. The van der Waals surface area contributed by atoms with Crippen molar-refractivity contribution >= 4 is 0 Å². The highest BCUT2D eigenvalue weighted by Crippen LogP contribution is 2.38. The summed E-state index contributed by atoms with van der Waals surface area (Å²) in [5, 5.41) is 8.65. The van der Waals surface area contributed by atoms with E-state index in [1.165, 1.54) is 12.1 Å². The largest absolute Gasteiger partial charge is 0.417 e. The predicted octanol–water partition coefficient (Wildman–Crippen LogP) is 4.75. The van der Waals surface area contributed by atoms with Crippen LogP contribution in [0.2, 0.25) is 0 Å². The normalized spacial score (nSPS) is 11.2. The Morgan fingerprint density at radius 1 is 1.05 bits per heavy atom. The van der Waals surface area contributed by atoms with E-state index in [1.54, 1.807) is 31.2 Å². The lowest BCUT2D eigenvalue weighted by molar-refractivity contribution is -0.137. The van der Waals surface area contributed by atoms with E-state index in [9.17, 15) is 13.2 Å². The Labute approximate surface area is 115 Å². The number of hydrogen-bond acceptors (Lipinski definition) is 1. The highest BCUT2D eigenvalue weighted by Gasteiger charge is 2.33. The van der Waals surface area contributed by atoms with Crippen molar-refractivity contribution in [1.82, 2.24) is 0 Å². The van der Waals surface area contributed by atoms with E-state index in [2.05, 4.69) is 0 Å². The molecular formula is C16H12F3N. The van der Waals surface area contributed by atoms with Gasteiger partial charge in [-0.05, 0) is 35.2 Å². The molecule has 102 valence electrons. The molecule has 0 aromatic heterocycles. The van der Waals surface area contributed by atoms with Crippen LogP contribution < -0.4 is 0 Å². The van der Waals surface area contributed by atoms with Gasteiger partial charge < -0.3 is 0 Å². The van der Waals surface area contributed by atoms with Gasteiger partial charge in [0.15, 0.2) is 0 Å². The van der Waals surface area contributed by atoms with Crippen LogP contribution in [0, 0.1) is 18.3 Å². The lowest BCUT2D eigenvalue weighted by atomic mass is 9.94. The first-order valence-electron chi connectivity index (χ1n) is 6.06. The second-order valence-corrected chi connectivity index (χ2v) is 4.53. The van der Waals surface area contributed by atoms with E-state index in [-0.39, 0.29) is 12.0 Å². The molecule has 20 heavy (non-hydrogen) atoms. The lowest BCUT2D eigenvalue weighted by Gasteiger charge is -2.15. The monoisotopic (exact) mass is 275 g/mol. The number of benzene rings is 2. The van der Waals surface area contributed by atoms with Crippen LogP contribution in [-0.2, 0) is 12.6 Å². The van der Waals surface area contributed by atoms with E-state index in [0.717, 1.165) is 17.2 Å². The number of nitriles is 1. The molecule has 0 bridgehead atoms. The number of aryl methyl sites for hydroxylation is 1. The Morgan fingerprint density at radius 3 is 2.35 bits per heavy atom. The predicted molar refractivity (Wildman–Crippen MR) is 70.9 cm³/mol. The molecule has 0 aliphatic carbocycles. The van der Waals surface area contributed by atoms with Crippen LogP contribution >= 0.6 is 0 Å². The molecule has 0 radical (unpaired) electrons. The molecule has 0 saturated heterocycles. The molecule has 0 saturated carbocycles. The molecule has 2 rings (SSSR count). The molecule has 0 spiro atoms. The van der Waals surface area contributed by atoms with E-state index < -0.39 is 11.7 Å². The first-order valence-corrected chi connectivity index (χ1v) is 6.06. The molecule has 0 amide bonds. The van der Waals surface area contributed by atoms with Crippen molar-refractivity contribution in [3.63, 3.8) is 0 Å². The van der Waals surface area contributed by atoms with Gasteiger partial charge in [-0.3, -0.25) is 0 Å². The van der Waals surface area contributed by atoms with Gasteiger partial charge >= 0.3 is 6.18 Å². The Morgan fingerprint density at radius 2 is 1.75 bits per heavy atom. The van der Waals surface area contributed by atoms with Crippen LogP contribution in [0.1, 0.15) is 16.7 Å². The number of nitrogens with zero attached hydrogens (tertiary/aromatic N) is 1. The fourth-order valence-corrected chi connectivity index (χ4v) is 2.19. The van der Waals surface area contributed by atoms with Gasteiger partial charge in [0.25, 0.3) is 0 Å². The number of hydrogen-bond donors (Lipinski definition) is 0. The summed E-state index contributed by atoms with van der Waals surface area (Å²) in [7, 11) is 0. The van der Waals surface area contributed by atoms with E-state index in [4.69, 9.17) is 5.26 Å². The summed E-state index contributed by atoms with van der Waals surface area (Å²) >= 11 is 0. The summed E-state index contributed by atoms with van der Waals surface area (Å²) in [6.07, 6.45) is -4.13. The van der Waals surface area contributed by atoms with Crippen LogP contribution in [-0.4, -0.2) is 0 Å². The fourth-order valence-electron chi connectivity index (χ4n) is 2.19. The molecule has 0 aliphatic rings. The quantitative estimate of drug-likeness (QED) is 0.776. The van der Waals surface area contributed by atoms with E-state index in [1.807, 2.05) is 6.07 Å². The van der Waals surface area contributed by atoms with E-state index >= 15 is 0 Å². The topological polar surface area (TPSA) is 23.8 Å². The molecule has 0 heterocycles. The van der Waals surface area contributed by atoms with Crippen molar-refractivity contribution in [1.29, 1.82) is 5.26 Å². The highest BCUT2D eigenvalue weighted by atomic mass is 19.4. The third kappa shape index (κ3) is 2.83. The number of rotatable bonds is 2. The van der Waals surface area contributed by atoms with Gasteiger partial charge in [-0.1, -0.05) is 36.4 Å². The third-order valence-corrected chi connectivity index (χ3v) is 3.10. The van der Waals surface area contributed by atoms with Gasteiger partial charge in [0.05, 0.1) is 18.1 Å². The minimum atomic E-state index is -4.38. The Balaban J connectivity index is 2.56. The van der Waals surface area contributed by atoms with Crippen molar-refractivity contribution in [3.05, 3.63) is 59.2 Å². The minimum Gasteiger partial charge on any atom is -0.198 e. The molecule has 0 unspecified atom stereocenters. The average molecular weight is 275 g/mol. The lowest BCUT2D eigenvalue weighted by Crippen LogP contribution is -2.07. The van der Waals surface area contributed by atoms with Gasteiger partial charge in [0.2, 0.25) is 0 Å². The maximum atomic E-state index is 13.0. The Kier molecular flexibility index (Phi) is 3.80. The number of halogens is 3. The summed E-state index contributed by atoms with van der Waals surface area (Å²) in [6, 6.07) is 12.6. The van der Waals surface area contributed by atoms with Crippen LogP contribution in [0.5, 0.6) is 0 Å². The summed E-state index contributed by atoms with van der Waals surface area (Å²) in [4.78, 5) is 0. The number of alkyl halides is 3. The molecule has 1 nitrogen and oxygen atoms in total. The summed E-state index contributed by atoms with van der Waals surface area (Å²) < 4.78 is 39.1. The molecule has 2 aromatic rings. The Hall–Kier alpha value is -2.28. The zero-order valence-corrected chi connectivity index (χ0v) is 10.8. The van der Waals surface area contributed by atoms with Gasteiger partial charge in [0.1, 0.15) is 0 Å². The van der Waals surface area contributed by atoms with Crippen LogP contribution in [0.3, 0.4) is 0 Å². The summed E-state index contributed by atoms with van der Waals surface area (Å²) in [6.45, 7) is 1.75. The second kappa shape index (κ2) is 5.38. The van der Waals surface area contributed by atoms with Gasteiger partial charge in [0, 0.05) is 0 Å². The van der Waals surface area contributed by atoms with Crippen molar-refractivity contribution in [2.24, 2.45) is 0 Å². The zero-order valence-electron chi connectivity index (χ0n) is 10.8. The van der Waals surface area contributed by atoms with Gasteiger partial charge in [-0.2, -0.15) is 18.4 Å². The molecule has 0 fully saturated rings. The van der Waals surface area contributed by atoms with Crippen molar-refractivity contribution in [2.45, 2.75) is 19.5 Å². The first-order chi connectivity index (χ1) is 9.43. The highest BCUT2D eigenvalue weighted by molar-refractivity contribution is 5.71. The van der Waals surface area contributed by atoms with Crippen LogP contribution in [0.25, 0.3) is 11.1 Å². The Bertz CT molecular complexity index is 666. The average Bonchev–Trinajstić information content (AvgIpc) is 2.38. The van der Waals surface area contributed by atoms with Crippen molar-refractivity contribution < 1.29 is 13.2 Å². The standard InChI is InChI=1S/C16H12F3N/c1-11-10-12(8-9-20)6-7-13(11)14-4-2-3-5-15(14)16(17,18)19/h2-7,10H,8H2,1H3. The first kappa shape index (κ1) is 14.1. The van der Waals surface area contributed by atoms with Crippen LogP contribution in [0.15, 0.2) is 42.5 Å². The van der Waals surface area contributed by atoms with Gasteiger partial charge in [-0.25, -0.2) is 0 Å². The fraction of sp³-hybridized carbons (Fsp3) is 0.188. The van der Waals surface area contributed by atoms with E-state index in [0.29, 0.717) is 5.56 Å². The third-order valence-electron chi connectivity index (χ3n) is 3.10. The maximum absolute atomic E-state index is 13.0. The second-order valence-electron chi connectivity index (χ2n) is 4.53. The van der Waals surface area contributed by atoms with Crippen LogP contribution in [0.4, 0.5) is 13.2 Å². The molecule has 0 aliphatic heterocycles. The minimum absolute atomic E-state index is 0.168. The maximum Gasteiger partial charge on any atom is 0.417 e. The van der Waals surface area contributed by atoms with Crippen molar-refractivity contribution in [2.75, 3.05) is 0 Å². The molecule has 4 heteroatoms. The summed E-state index contributed by atoms with van der Waals surface area (Å²) in [5.41, 5.74) is 1.60. The molecule has 0 N–H and O–H groups in total. The SMILES string of the molecule is Cc1cc(CC#N)ccc1-c1ccccc1C(F)(F)F. The summed E-state index contributed by atoms with van der Waals surface area (Å²) in [5.74, 6) is 0.